The first kappa shape index (κ1) is 21.5. The van der Waals surface area contributed by atoms with Gasteiger partial charge < -0.3 is 9.64 Å². The van der Waals surface area contributed by atoms with Gasteiger partial charge in [-0.05, 0) is 19.3 Å². The average molecular weight is 418 g/mol. The van der Waals surface area contributed by atoms with Gasteiger partial charge in [0.05, 0.1) is 18.8 Å². The van der Waals surface area contributed by atoms with Gasteiger partial charge >= 0.3 is 0 Å². The number of carbonyl (C=O) groups excluding carboxylic acids is 1. The van der Waals surface area contributed by atoms with E-state index in [0.29, 0.717) is 13.1 Å². The summed E-state index contributed by atoms with van der Waals surface area (Å²) in [5.41, 5.74) is 0.961. The summed E-state index contributed by atoms with van der Waals surface area (Å²) in [5, 5.41) is 0. The molecule has 2 fully saturated rings. The van der Waals surface area contributed by atoms with E-state index in [-0.39, 0.29) is 17.4 Å². The van der Waals surface area contributed by atoms with Crippen molar-refractivity contribution >= 4 is 5.91 Å². The van der Waals surface area contributed by atoms with Crippen LogP contribution >= 0.6 is 0 Å². The third kappa shape index (κ3) is 5.10. The zero-order valence-electron chi connectivity index (χ0n) is 18.2. The zero-order valence-corrected chi connectivity index (χ0v) is 18.2. The fraction of sp³-hybridized carbons (Fsp3) is 0.773. The topological polar surface area (TPSA) is 70.9 Å². The van der Waals surface area contributed by atoms with Crippen molar-refractivity contribution in [2.75, 3.05) is 66.1 Å². The van der Waals surface area contributed by atoms with Gasteiger partial charge in [0.15, 0.2) is 0 Å². The van der Waals surface area contributed by atoms with Crippen LogP contribution in [0.3, 0.4) is 0 Å². The number of likely N-dealkylation sites (tertiary alicyclic amines) is 1. The molecular formula is C22H35N5O3. The van der Waals surface area contributed by atoms with E-state index in [1.54, 1.807) is 13.2 Å². The lowest BCUT2D eigenvalue weighted by Gasteiger charge is -2.34. The van der Waals surface area contributed by atoms with E-state index in [0.717, 1.165) is 96.0 Å². The van der Waals surface area contributed by atoms with E-state index < -0.39 is 0 Å². The second-order valence-electron chi connectivity index (χ2n) is 8.83. The summed E-state index contributed by atoms with van der Waals surface area (Å²) in [6, 6.07) is 1.71. The molecule has 8 heteroatoms. The van der Waals surface area contributed by atoms with Crippen molar-refractivity contribution in [2.24, 2.45) is 0 Å². The van der Waals surface area contributed by atoms with Crippen LogP contribution in [0, 0.1) is 0 Å². The number of ether oxygens (including phenoxy) is 1. The summed E-state index contributed by atoms with van der Waals surface area (Å²) in [5.74, 6) is 1.32. The molecule has 0 unspecified atom stereocenters. The van der Waals surface area contributed by atoms with Gasteiger partial charge in [0, 0.05) is 77.9 Å². The van der Waals surface area contributed by atoms with Crippen molar-refractivity contribution in [3.63, 3.8) is 0 Å². The fourth-order valence-electron chi connectivity index (χ4n) is 4.85. The Morgan fingerprint density at radius 1 is 1.10 bits per heavy atom. The minimum absolute atomic E-state index is 0.0769. The molecule has 0 aromatic carbocycles. The van der Waals surface area contributed by atoms with Crippen molar-refractivity contribution in [3.8, 4) is 0 Å². The highest BCUT2D eigenvalue weighted by Gasteiger charge is 2.30. The van der Waals surface area contributed by atoms with Crippen molar-refractivity contribution in [3.05, 3.63) is 27.9 Å². The fourth-order valence-corrected chi connectivity index (χ4v) is 4.85. The van der Waals surface area contributed by atoms with Crippen LogP contribution in [0.15, 0.2) is 10.9 Å². The Balaban J connectivity index is 1.30. The number of hydrogen-bond acceptors (Lipinski definition) is 6. The lowest BCUT2D eigenvalue weighted by atomic mass is 10.0. The Bertz CT molecular complexity index is 787. The number of aromatic nitrogens is 2. The summed E-state index contributed by atoms with van der Waals surface area (Å²) in [6.45, 7) is 8.27. The molecule has 166 valence electrons. The monoisotopic (exact) mass is 417 g/mol. The number of piperazine rings is 1. The molecule has 0 N–H and O–H groups in total. The molecule has 1 aromatic heterocycles. The molecule has 0 aliphatic carbocycles. The van der Waals surface area contributed by atoms with Crippen LogP contribution in [0.2, 0.25) is 0 Å². The van der Waals surface area contributed by atoms with Gasteiger partial charge in [0.1, 0.15) is 5.82 Å². The maximum atomic E-state index is 12.9. The maximum Gasteiger partial charge on any atom is 0.253 e. The smallest absolute Gasteiger partial charge is 0.253 e. The molecule has 8 nitrogen and oxygen atoms in total. The van der Waals surface area contributed by atoms with Gasteiger partial charge in [-0.1, -0.05) is 6.42 Å². The van der Waals surface area contributed by atoms with Crippen molar-refractivity contribution in [1.82, 2.24) is 24.3 Å². The Morgan fingerprint density at radius 2 is 1.90 bits per heavy atom. The minimum atomic E-state index is 0.0769. The standard InChI is InChI=1S/C22H35N5O3/c1-30-14-13-24-9-11-25(12-10-24)17-22(29)26-8-6-18(16-26)19-15-21(28)27-7-4-2-3-5-20(27)23-19/h15,18H,2-14,16-17H2,1H3/t18-/m1/s1. The highest BCUT2D eigenvalue weighted by atomic mass is 16.5. The Labute approximate surface area is 178 Å². The van der Waals surface area contributed by atoms with Crippen LogP contribution in [0.4, 0.5) is 0 Å². The molecule has 0 radical (unpaired) electrons. The van der Waals surface area contributed by atoms with E-state index >= 15 is 0 Å². The number of rotatable bonds is 6. The van der Waals surface area contributed by atoms with Crippen molar-refractivity contribution in [2.45, 2.75) is 44.6 Å². The molecule has 1 aromatic rings. The van der Waals surface area contributed by atoms with Crippen LogP contribution in [-0.4, -0.2) is 96.2 Å². The van der Waals surface area contributed by atoms with Gasteiger partial charge in [-0.3, -0.25) is 24.0 Å². The molecule has 0 saturated carbocycles. The van der Waals surface area contributed by atoms with E-state index in [1.807, 2.05) is 9.47 Å². The molecule has 2 saturated heterocycles. The lowest BCUT2D eigenvalue weighted by molar-refractivity contribution is -0.131. The van der Waals surface area contributed by atoms with E-state index in [2.05, 4.69) is 9.80 Å². The summed E-state index contributed by atoms with van der Waals surface area (Å²) < 4.78 is 7.00. The predicted octanol–water partition coefficient (Wildman–Crippen LogP) is 0.550. The van der Waals surface area contributed by atoms with E-state index in [4.69, 9.17) is 9.72 Å². The number of carbonyl (C=O) groups is 1. The molecule has 4 rings (SSSR count). The van der Waals surface area contributed by atoms with E-state index in [1.165, 1.54) is 0 Å². The number of hydrogen-bond donors (Lipinski definition) is 0. The number of aryl methyl sites for hydroxylation is 1. The van der Waals surface area contributed by atoms with Gasteiger partial charge in [-0.15, -0.1) is 0 Å². The number of amides is 1. The Kier molecular flexibility index (Phi) is 7.17. The van der Waals surface area contributed by atoms with Crippen molar-refractivity contribution < 1.29 is 9.53 Å². The quantitative estimate of drug-likeness (QED) is 0.673. The molecule has 1 atom stereocenters. The summed E-state index contributed by atoms with van der Waals surface area (Å²) >= 11 is 0. The molecule has 30 heavy (non-hydrogen) atoms. The number of fused-ring (bicyclic) bond motifs is 1. The second kappa shape index (κ2) is 10.0. The molecular weight excluding hydrogens is 382 g/mol. The highest BCUT2D eigenvalue weighted by molar-refractivity contribution is 5.78. The SMILES string of the molecule is COCCN1CCN(CC(=O)N2CC[C@@H](c3cc(=O)n4c(n3)CCCCC4)C2)CC1. The molecule has 3 aliphatic rings. The van der Waals surface area contributed by atoms with Crippen LogP contribution < -0.4 is 5.56 Å². The van der Waals surface area contributed by atoms with Gasteiger partial charge in [-0.25, -0.2) is 4.98 Å². The molecule has 0 bridgehead atoms. The number of nitrogens with zero attached hydrogens (tertiary/aromatic N) is 5. The van der Waals surface area contributed by atoms with Crippen molar-refractivity contribution in [1.29, 1.82) is 0 Å². The number of methoxy groups -OCH3 is 1. The van der Waals surface area contributed by atoms with E-state index in [9.17, 15) is 9.59 Å². The maximum absolute atomic E-state index is 12.9. The minimum Gasteiger partial charge on any atom is -0.383 e. The van der Waals surface area contributed by atoms with Crippen LogP contribution in [0.5, 0.6) is 0 Å². The normalized spacial score (nSPS) is 23.4. The molecule has 1 amide bonds. The third-order valence-corrected chi connectivity index (χ3v) is 6.78. The third-order valence-electron chi connectivity index (χ3n) is 6.78. The first-order valence-corrected chi connectivity index (χ1v) is 11.5. The summed E-state index contributed by atoms with van der Waals surface area (Å²) in [6.07, 6.45) is 5.09. The van der Waals surface area contributed by atoms with Gasteiger partial charge in [0.25, 0.3) is 5.56 Å². The molecule has 4 heterocycles. The zero-order chi connectivity index (χ0) is 20.9. The van der Waals surface area contributed by atoms with Crippen LogP contribution in [0.25, 0.3) is 0 Å². The predicted molar refractivity (Wildman–Crippen MR) is 115 cm³/mol. The Hall–Kier alpha value is -1.77. The van der Waals surface area contributed by atoms with Gasteiger partial charge in [0.2, 0.25) is 5.91 Å². The van der Waals surface area contributed by atoms with Crippen LogP contribution in [0.1, 0.15) is 43.1 Å². The largest absolute Gasteiger partial charge is 0.383 e. The Morgan fingerprint density at radius 3 is 2.70 bits per heavy atom. The highest BCUT2D eigenvalue weighted by Crippen LogP contribution is 2.26. The molecule has 3 aliphatic heterocycles. The first-order valence-electron chi connectivity index (χ1n) is 11.5. The average Bonchev–Trinajstić information content (AvgIpc) is 3.13. The summed E-state index contributed by atoms with van der Waals surface area (Å²) in [7, 11) is 1.73. The molecule has 0 spiro atoms. The van der Waals surface area contributed by atoms with Gasteiger partial charge in [-0.2, -0.15) is 0 Å². The summed E-state index contributed by atoms with van der Waals surface area (Å²) in [4.78, 5) is 36.9. The first-order chi connectivity index (χ1) is 14.6. The van der Waals surface area contributed by atoms with Crippen LogP contribution in [-0.2, 0) is 22.5 Å². The second-order valence-corrected chi connectivity index (χ2v) is 8.83. The lowest BCUT2D eigenvalue weighted by Crippen LogP contribution is -2.50.